The van der Waals surface area contributed by atoms with Crippen molar-refractivity contribution in [2.75, 3.05) is 17.1 Å². The molecule has 0 aliphatic rings. The average molecular weight is 488 g/mol. The van der Waals surface area contributed by atoms with Gasteiger partial charge in [-0.3, -0.25) is 13.9 Å². The fourth-order valence-electron chi connectivity index (χ4n) is 3.52. The number of sulfonamides is 1. The first-order valence-electron chi connectivity index (χ1n) is 11.5. The molecule has 0 aliphatic carbocycles. The molecule has 1 atom stereocenters. The number of rotatable bonds is 10. The van der Waals surface area contributed by atoms with Gasteiger partial charge >= 0.3 is 0 Å². The van der Waals surface area contributed by atoms with Crippen molar-refractivity contribution in [1.82, 2.24) is 10.2 Å². The van der Waals surface area contributed by atoms with E-state index in [0.29, 0.717) is 11.6 Å². The number of amides is 2. The van der Waals surface area contributed by atoms with Gasteiger partial charge in [-0.1, -0.05) is 55.8 Å². The molecule has 0 saturated carbocycles. The van der Waals surface area contributed by atoms with Crippen molar-refractivity contribution in [3.63, 3.8) is 0 Å². The Hall–Kier alpha value is -2.87. The molecule has 2 amide bonds. The third-order valence-corrected chi connectivity index (χ3v) is 6.74. The summed E-state index contributed by atoms with van der Waals surface area (Å²) in [6, 6.07) is 14.0. The highest BCUT2D eigenvalue weighted by molar-refractivity contribution is 7.92. The van der Waals surface area contributed by atoms with E-state index in [1.807, 2.05) is 57.2 Å². The van der Waals surface area contributed by atoms with Crippen molar-refractivity contribution >= 4 is 27.5 Å². The average Bonchev–Trinajstić information content (AvgIpc) is 2.75. The van der Waals surface area contributed by atoms with Crippen molar-refractivity contribution in [1.29, 1.82) is 0 Å². The standard InChI is InChI=1S/C26H37N3O4S/c1-18(2)23-12-14-24(15-13-23)29(34(7,32)33)17-25(30)28(21(6)26(31)27-19(3)4)16-22-10-8-20(5)9-11-22/h8-15,18-19,21H,16-17H2,1-7H3,(H,27,31). The van der Waals surface area contributed by atoms with E-state index in [0.717, 1.165) is 27.3 Å². The van der Waals surface area contributed by atoms with E-state index in [2.05, 4.69) is 19.2 Å². The topological polar surface area (TPSA) is 86.8 Å². The summed E-state index contributed by atoms with van der Waals surface area (Å²) in [7, 11) is -3.74. The summed E-state index contributed by atoms with van der Waals surface area (Å²) in [5.41, 5.74) is 3.42. The highest BCUT2D eigenvalue weighted by Gasteiger charge is 2.30. The molecule has 0 aromatic heterocycles. The fraction of sp³-hybridized carbons (Fsp3) is 0.462. The van der Waals surface area contributed by atoms with Gasteiger partial charge in [-0.15, -0.1) is 0 Å². The van der Waals surface area contributed by atoms with Crippen LogP contribution in [0.15, 0.2) is 48.5 Å². The van der Waals surface area contributed by atoms with Gasteiger partial charge in [0.15, 0.2) is 0 Å². The van der Waals surface area contributed by atoms with Gasteiger partial charge in [0.2, 0.25) is 21.8 Å². The Morgan fingerprint density at radius 3 is 1.94 bits per heavy atom. The van der Waals surface area contributed by atoms with E-state index in [1.54, 1.807) is 19.1 Å². The van der Waals surface area contributed by atoms with E-state index in [4.69, 9.17) is 0 Å². The maximum absolute atomic E-state index is 13.5. The van der Waals surface area contributed by atoms with Crippen molar-refractivity contribution in [3.05, 3.63) is 65.2 Å². The Morgan fingerprint density at radius 2 is 1.47 bits per heavy atom. The molecule has 1 N–H and O–H groups in total. The summed E-state index contributed by atoms with van der Waals surface area (Å²) in [4.78, 5) is 27.7. The van der Waals surface area contributed by atoms with Crippen LogP contribution in [0.3, 0.4) is 0 Å². The van der Waals surface area contributed by atoms with Crippen molar-refractivity contribution in [2.45, 2.75) is 66.1 Å². The number of hydrogen-bond donors (Lipinski definition) is 1. The summed E-state index contributed by atoms with van der Waals surface area (Å²) >= 11 is 0. The monoisotopic (exact) mass is 487 g/mol. The van der Waals surface area contributed by atoms with Crippen LogP contribution < -0.4 is 9.62 Å². The predicted molar refractivity (Wildman–Crippen MR) is 137 cm³/mol. The zero-order valence-corrected chi connectivity index (χ0v) is 22.0. The van der Waals surface area contributed by atoms with E-state index < -0.39 is 28.5 Å². The van der Waals surface area contributed by atoms with Crippen LogP contribution in [0.2, 0.25) is 0 Å². The van der Waals surface area contributed by atoms with Gasteiger partial charge in [-0.25, -0.2) is 8.42 Å². The molecule has 2 rings (SSSR count). The summed E-state index contributed by atoms with van der Waals surface area (Å²) in [6.45, 7) is 11.2. The lowest BCUT2D eigenvalue weighted by atomic mass is 10.0. The molecule has 7 nitrogen and oxygen atoms in total. The second-order valence-electron chi connectivity index (χ2n) is 9.36. The van der Waals surface area contributed by atoms with Crippen LogP contribution in [0.1, 0.15) is 57.2 Å². The molecular formula is C26H37N3O4S. The van der Waals surface area contributed by atoms with E-state index in [-0.39, 0.29) is 18.5 Å². The lowest BCUT2D eigenvalue weighted by Gasteiger charge is -2.32. The molecule has 34 heavy (non-hydrogen) atoms. The zero-order valence-electron chi connectivity index (χ0n) is 21.2. The minimum Gasteiger partial charge on any atom is -0.352 e. The summed E-state index contributed by atoms with van der Waals surface area (Å²) in [5.74, 6) is -0.444. The number of benzene rings is 2. The highest BCUT2D eigenvalue weighted by Crippen LogP contribution is 2.23. The normalized spacial score (nSPS) is 12.5. The molecule has 0 aliphatic heterocycles. The zero-order chi connectivity index (χ0) is 25.6. The number of anilines is 1. The van der Waals surface area contributed by atoms with Gasteiger partial charge in [0.1, 0.15) is 12.6 Å². The SMILES string of the molecule is Cc1ccc(CN(C(=O)CN(c2ccc(C(C)C)cc2)S(C)(=O)=O)C(C)C(=O)NC(C)C)cc1. The number of carbonyl (C=O) groups excluding carboxylic acids is 2. The molecule has 0 spiro atoms. The van der Waals surface area contributed by atoms with E-state index in [9.17, 15) is 18.0 Å². The van der Waals surface area contributed by atoms with Crippen molar-refractivity contribution in [2.24, 2.45) is 0 Å². The minimum atomic E-state index is -3.74. The molecule has 0 radical (unpaired) electrons. The molecule has 8 heteroatoms. The fourth-order valence-corrected chi connectivity index (χ4v) is 4.37. The van der Waals surface area contributed by atoms with Crippen LogP contribution in [0.25, 0.3) is 0 Å². The van der Waals surface area contributed by atoms with Crippen LogP contribution in [0.4, 0.5) is 5.69 Å². The second-order valence-corrected chi connectivity index (χ2v) is 11.3. The van der Waals surface area contributed by atoms with E-state index >= 15 is 0 Å². The smallest absolute Gasteiger partial charge is 0.244 e. The number of hydrogen-bond acceptors (Lipinski definition) is 4. The Bertz CT molecular complexity index is 1080. The molecule has 1 unspecified atom stereocenters. The molecular weight excluding hydrogens is 450 g/mol. The van der Waals surface area contributed by atoms with Crippen LogP contribution in [0.5, 0.6) is 0 Å². The van der Waals surface area contributed by atoms with Gasteiger partial charge in [0.25, 0.3) is 0 Å². The third kappa shape index (κ3) is 7.58. The summed E-state index contributed by atoms with van der Waals surface area (Å²) in [6.07, 6.45) is 1.08. The molecule has 0 saturated heterocycles. The Kier molecular flexibility index (Phi) is 9.27. The van der Waals surface area contributed by atoms with Crippen LogP contribution in [-0.2, 0) is 26.2 Å². The third-order valence-electron chi connectivity index (χ3n) is 5.60. The Balaban J connectivity index is 2.37. The summed E-state index contributed by atoms with van der Waals surface area (Å²) < 4.78 is 26.4. The van der Waals surface area contributed by atoms with Gasteiger partial charge in [0, 0.05) is 12.6 Å². The number of carbonyl (C=O) groups is 2. The van der Waals surface area contributed by atoms with Gasteiger partial charge in [-0.05, 0) is 56.9 Å². The van der Waals surface area contributed by atoms with Crippen LogP contribution in [-0.4, -0.2) is 50.0 Å². The molecule has 0 fully saturated rings. The molecule has 0 heterocycles. The second kappa shape index (κ2) is 11.5. The Morgan fingerprint density at radius 1 is 0.912 bits per heavy atom. The number of nitrogens with zero attached hydrogens (tertiary/aromatic N) is 2. The predicted octanol–water partition coefficient (Wildman–Crippen LogP) is 3.83. The largest absolute Gasteiger partial charge is 0.352 e. The maximum Gasteiger partial charge on any atom is 0.244 e. The van der Waals surface area contributed by atoms with E-state index in [1.165, 1.54) is 4.90 Å². The molecule has 186 valence electrons. The molecule has 0 bridgehead atoms. The first-order chi connectivity index (χ1) is 15.8. The van der Waals surface area contributed by atoms with Gasteiger partial charge in [0.05, 0.1) is 11.9 Å². The Labute approximate surface area is 204 Å². The quantitative estimate of drug-likeness (QED) is 0.552. The van der Waals surface area contributed by atoms with Crippen molar-refractivity contribution < 1.29 is 18.0 Å². The van der Waals surface area contributed by atoms with Crippen LogP contribution in [0, 0.1) is 6.92 Å². The minimum absolute atomic E-state index is 0.0849. The first-order valence-corrected chi connectivity index (χ1v) is 13.4. The van der Waals surface area contributed by atoms with Crippen LogP contribution >= 0.6 is 0 Å². The lowest BCUT2D eigenvalue weighted by Crippen LogP contribution is -2.52. The lowest BCUT2D eigenvalue weighted by molar-refractivity contribution is -0.139. The summed E-state index contributed by atoms with van der Waals surface area (Å²) in [5, 5.41) is 2.84. The van der Waals surface area contributed by atoms with Crippen molar-refractivity contribution in [3.8, 4) is 0 Å². The number of aryl methyl sites for hydroxylation is 1. The first kappa shape index (κ1) is 27.4. The highest BCUT2D eigenvalue weighted by atomic mass is 32.2. The molecule has 2 aromatic carbocycles. The van der Waals surface area contributed by atoms with Gasteiger partial charge < -0.3 is 10.2 Å². The molecule has 2 aromatic rings. The maximum atomic E-state index is 13.5. The van der Waals surface area contributed by atoms with Gasteiger partial charge in [-0.2, -0.15) is 0 Å². The number of nitrogens with one attached hydrogen (secondary N) is 1.